The summed E-state index contributed by atoms with van der Waals surface area (Å²) in [5.41, 5.74) is 0. The van der Waals surface area contributed by atoms with Crippen molar-refractivity contribution in [3.8, 4) is 0 Å². The molecule has 0 aromatic rings. The van der Waals surface area contributed by atoms with Crippen LogP contribution in [0.2, 0.25) is 0 Å². The lowest BCUT2D eigenvalue weighted by Crippen LogP contribution is -2.47. The van der Waals surface area contributed by atoms with E-state index in [1.54, 1.807) is 12.0 Å². The molecule has 15 heavy (non-hydrogen) atoms. The molecule has 5 unspecified atom stereocenters. The van der Waals surface area contributed by atoms with Gasteiger partial charge in [0.15, 0.2) is 0 Å². The Morgan fingerprint density at radius 2 is 2.13 bits per heavy atom. The highest BCUT2D eigenvalue weighted by molar-refractivity contribution is 7.95. The van der Waals surface area contributed by atoms with Gasteiger partial charge < -0.3 is 4.18 Å². The van der Waals surface area contributed by atoms with Crippen LogP contribution in [0.4, 0.5) is 0 Å². The molecule has 0 spiro atoms. The van der Waals surface area contributed by atoms with Crippen LogP contribution in [0.15, 0.2) is 0 Å². The number of rotatable bonds is 1. The molecule has 5 heteroatoms. The fourth-order valence-electron chi connectivity index (χ4n) is 3.55. The summed E-state index contributed by atoms with van der Waals surface area (Å²) in [4.78, 5) is 11.0. The summed E-state index contributed by atoms with van der Waals surface area (Å²) >= 11 is 1.59. The number of hydrogen-bond donors (Lipinski definition) is 0. The minimum absolute atomic E-state index is 0.0494. The van der Waals surface area contributed by atoms with E-state index in [9.17, 15) is 10.1 Å². The Bertz CT molecular complexity index is 280. The van der Waals surface area contributed by atoms with Crippen LogP contribution in [0, 0.1) is 22.0 Å². The first-order valence-corrected chi connectivity index (χ1v) is 6.53. The maximum absolute atomic E-state index is 11.0. The summed E-state index contributed by atoms with van der Waals surface area (Å²) < 4.78 is 5.69. The van der Waals surface area contributed by atoms with Crippen LogP contribution < -0.4 is 0 Å². The Kier molecular flexibility index (Phi) is 2.39. The lowest BCUT2D eigenvalue weighted by Gasteiger charge is -2.39. The zero-order valence-electron chi connectivity index (χ0n) is 8.50. The Labute approximate surface area is 93.1 Å². The van der Waals surface area contributed by atoms with E-state index in [0.29, 0.717) is 23.7 Å². The molecule has 0 bridgehead atoms. The van der Waals surface area contributed by atoms with Crippen LogP contribution >= 0.6 is 12.0 Å². The summed E-state index contributed by atoms with van der Waals surface area (Å²) in [6.45, 7) is 0. The normalized spacial score (nSPS) is 48.7. The molecule has 1 saturated heterocycles. The van der Waals surface area contributed by atoms with Crippen LogP contribution in [-0.4, -0.2) is 22.3 Å². The molecule has 4 nitrogen and oxygen atoms in total. The Morgan fingerprint density at radius 3 is 2.93 bits per heavy atom. The van der Waals surface area contributed by atoms with Gasteiger partial charge in [-0.2, -0.15) is 0 Å². The minimum atomic E-state index is -0.295. The Balaban J connectivity index is 1.86. The molecule has 0 amide bonds. The molecule has 84 valence electrons. The maximum Gasteiger partial charge on any atom is 0.216 e. The first-order chi connectivity index (χ1) is 7.27. The number of nitrogens with zero attached hydrogens (tertiary/aromatic N) is 1. The molecular formula is C10H15NO3S. The molecule has 1 heterocycles. The van der Waals surface area contributed by atoms with Gasteiger partial charge >= 0.3 is 0 Å². The van der Waals surface area contributed by atoms with E-state index in [1.165, 1.54) is 6.42 Å². The van der Waals surface area contributed by atoms with Gasteiger partial charge in [-0.1, -0.05) is 6.42 Å². The zero-order valence-corrected chi connectivity index (χ0v) is 9.32. The van der Waals surface area contributed by atoms with E-state index < -0.39 is 0 Å². The van der Waals surface area contributed by atoms with Crippen LogP contribution in [0.1, 0.15) is 32.1 Å². The molecule has 2 saturated carbocycles. The van der Waals surface area contributed by atoms with Crippen molar-refractivity contribution < 1.29 is 9.11 Å². The Morgan fingerprint density at radius 1 is 1.27 bits per heavy atom. The fraction of sp³-hybridized carbons (Fsp3) is 1.00. The number of nitro groups is 1. The van der Waals surface area contributed by atoms with Crippen molar-refractivity contribution in [1.29, 1.82) is 0 Å². The second-order valence-electron chi connectivity index (χ2n) is 4.87. The minimum Gasteiger partial charge on any atom is -0.311 e. The van der Waals surface area contributed by atoms with E-state index in [1.807, 2.05) is 0 Å². The van der Waals surface area contributed by atoms with Crippen molar-refractivity contribution >= 4 is 12.0 Å². The number of hydrogen-bond acceptors (Lipinski definition) is 4. The van der Waals surface area contributed by atoms with E-state index in [4.69, 9.17) is 4.18 Å². The maximum atomic E-state index is 11.0. The van der Waals surface area contributed by atoms with Crippen LogP contribution in [0.5, 0.6) is 0 Å². The summed E-state index contributed by atoms with van der Waals surface area (Å²) in [5.74, 6) is 0.750. The third kappa shape index (κ3) is 1.47. The predicted octanol–water partition coefficient (Wildman–Crippen LogP) is 2.26. The summed E-state index contributed by atoms with van der Waals surface area (Å²) in [7, 11) is 0. The Hall–Kier alpha value is -0.290. The highest BCUT2D eigenvalue weighted by Crippen LogP contribution is 2.52. The van der Waals surface area contributed by atoms with E-state index in [0.717, 1.165) is 19.3 Å². The molecule has 1 aliphatic heterocycles. The standard InChI is InChI=1S/C10H15NO3S/c12-11(13)7-4-5-8-10-6(7)2-1-3-9(10)15-14-8/h6-10H,1-5H2. The molecule has 0 aromatic heterocycles. The average molecular weight is 229 g/mol. The molecular weight excluding hydrogens is 214 g/mol. The van der Waals surface area contributed by atoms with E-state index in [2.05, 4.69) is 0 Å². The molecule has 3 fully saturated rings. The van der Waals surface area contributed by atoms with Crippen molar-refractivity contribution in [2.45, 2.75) is 49.5 Å². The van der Waals surface area contributed by atoms with Gasteiger partial charge in [-0.05, 0) is 31.3 Å². The second-order valence-corrected chi connectivity index (χ2v) is 5.86. The van der Waals surface area contributed by atoms with Crippen LogP contribution in [0.25, 0.3) is 0 Å². The first-order valence-electron chi connectivity index (χ1n) is 5.73. The SMILES string of the molecule is O=[N+]([O-])C1CCC2OSC3CCCC1C23. The van der Waals surface area contributed by atoms with Gasteiger partial charge in [-0.15, -0.1) is 0 Å². The van der Waals surface area contributed by atoms with Crippen molar-refractivity contribution in [3.05, 3.63) is 10.1 Å². The molecule has 3 aliphatic rings. The van der Waals surface area contributed by atoms with Crippen molar-refractivity contribution in [3.63, 3.8) is 0 Å². The quantitative estimate of drug-likeness (QED) is 0.393. The third-order valence-corrected chi connectivity index (χ3v) is 5.35. The molecule has 5 atom stereocenters. The molecule has 2 aliphatic carbocycles. The average Bonchev–Trinajstić information content (AvgIpc) is 2.64. The van der Waals surface area contributed by atoms with Crippen molar-refractivity contribution in [2.75, 3.05) is 0 Å². The van der Waals surface area contributed by atoms with Gasteiger partial charge in [0.2, 0.25) is 6.04 Å². The largest absolute Gasteiger partial charge is 0.311 e. The summed E-state index contributed by atoms with van der Waals surface area (Å²) in [5, 5.41) is 11.5. The van der Waals surface area contributed by atoms with Gasteiger partial charge in [0, 0.05) is 28.4 Å². The third-order valence-electron chi connectivity index (χ3n) is 4.19. The van der Waals surface area contributed by atoms with Gasteiger partial charge in [0.05, 0.1) is 6.10 Å². The predicted molar refractivity (Wildman–Crippen MR) is 57.1 cm³/mol. The highest BCUT2D eigenvalue weighted by atomic mass is 32.2. The second kappa shape index (κ2) is 3.63. The fourth-order valence-corrected chi connectivity index (χ4v) is 4.83. The monoisotopic (exact) mass is 229 g/mol. The molecule has 0 N–H and O–H groups in total. The summed E-state index contributed by atoms with van der Waals surface area (Å²) in [6, 6.07) is -0.295. The smallest absolute Gasteiger partial charge is 0.216 e. The lowest BCUT2D eigenvalue weighted by atomic mass is 9.67. The van der Waals surface area contributed by atoms with Crippen molar-refractivity contribution in [1.82, 2.24) is 0 Å². The van der Waals surface area contributed by atoms with Crippen LogP contribution in [0.3, 0.4) is 0 Å². The van der Waals surface area contributed by atoms with Gasteiger partial charge in [0.25, 0.3) is 0 Å². The zero-order chi connectivity index (χ0) is 10.4. The lowest BCUT2D eigenvalue weighted by molar-refractivity contribution is -0.539. The van der Waals surface area contributed by atoms with Crippen molar-refractivity contribution in [2.24, 2.45) is 11.8 Å². The van der Waals surface area contributed by atoms with Gasteiger partial charge in [-0.3, -0.25) is 10.1 Å². The topological polar surface area (TPSA) is 52.4 Å². The van der Waals surface area contributed by atoms with E-state index >= 15 is 0 Å². The molecule has 0 radical (unpaired) electrons. The van der Waals surface area contributed by atoms with E-state index in [-0.39, 0.29) is 16.9 Å². The highest BCUT2D eigenvalue weighted by Gasteiger charge is 2.54. The summed E-state index contributed by atoms with van der Waals surface area (Å²) in [6.07, 6.45) is 5.27. The first kappa shape index (κ1) is 9.90. The van der Waals surface area contributed by atoms with Crippen LogP contribution in [-0.2, 0) is 4.18 Å². The van der Waals surface area contributed by atoms with Gasteiger partial charge in [0.1, 0.15) is 0 Å². The van der Waals surface area contributed by atoms with Gasteiger partial charge in [-0.25, -0.2) is 0 Å². The molecule has 0 aromatic carbocycles. The molecule has 3 rings (SSSR count).